The quantitative estimate of drug-likeness (QED) is 0.799. The summed E-state index contributed by atoms with van der Waals surface area (Å²) in [5.74, 6) is 0.300. The zero-order valence-electron chi connectivity index (χ0n) is 12.0. The number of oxazole rings is 1. The summed E-state index contributed by atoms with van der Waals surface area (Å²) in [6.45, 7) is 1.57. The molecule has 1 amide bonds. The van der Waals surface area contributed by atoms with E-state index in [1.165, 1.54) is 19.1 Å². The van der Waals surface area contributed by atoms with Gasteiger partial charge in [0.25, 0.3) is 5.91 Å². The number of aromatic nitrogens is 1. The van der Waals surface area contributed by atoms with E-state index >= 15 is 0 Å². The van der Waals surface area contributed by atoms with Crippen LogP contribution < -0.4 is 0 Å². The highest BCUT2D eigenvalue weighted by Crippen LogP contribution is 2.28. The van der Waals surface area contributed by atoms with E-state index in [-0.39, 0.29) is 5.91 Å². The van der Waals surface area contributed by atoms with Gasteiger partial charge in [-0.05, 0) is 31.0 Å². The molecular weight excluding hydrogens is 323 g/mol. The summed E-state index contributed by atoms with van der Waals surface area (Å²) < 4.78 is 5.43. The molecule has 1 saturated heterocycles. The fourth-order valence-electron chi connectivity index (χ4n) is 2.57. The van der Waals surface area contributed by atoms with Gasteiger partial charge in [-0.25, -0.2) is 4.98 Å². The number of benzene rings is 1. The Kier molecular flexibility index (Phi) is 4.69. The lowest BCUT2D eigenvalue weighted by Crippen LogP contribution is -2.32. The molecule has 0 saturated carbocycles. The molecule has 2 heterocycles. The summed E-state index contributed by atoms with van der Waals surface area (Å²) in [4.78, 5) is 18.6. The number of hydrogen-bond acceptors (Lipinski definition) is 3. The average Bonchev–Trinajstić information content (AvgIpc) is 2.85. The van der Waals surface area contributed by atoms with Crippen LogP contribution in [0.25, 0.3) is 11.5 Å². The van der Waals surface area contributed by atoms with Crippen LogP contribution in [0.5, 0.6) is 0 Å². The van der Waals surface area contributed by atoms with Gasteiger partial charge in [0.15, 0.2) is 5.69 Å². The molecule has 1 aromatic heterocycles. The van der Waals surface area contributed by atoms with Crippen molar-refractivity contribution in [3.8, 4) is 11.5 Å². The average molecular weight is 339 g/mol. The van der Waals surface area contributed by atoms with Gasteiger partial charge in [-0.2, -0.15) is 0 Å². The summed E-state index contributed by atoms with van der Waals surface area (Å²) in [5.41, 5.74) is 1.03. The minimum absolute atomic E-state index is 0.0723. The van der Waals surface area contributed by atoms with Gasteiger partial charge >= 0.3 is 0 Å². The molecule has 0 unspecified atom stereocenters. The minimum Gasteiger partial charge on any atom is -0.444 e. The minimum atomic E-state index is -0.0723. The third-order valence-corrected chi connectivity index (χ3v) is 4.52. The molecule has 1 aliphatic heterocycles. The number of nitrogens with zero attached hydrogens (tertiary/aromatic N) is 2. The Bertz CT molecular complexity index is 677. The normalized spacial score (nSPS) is 15.6. The van der Waals surface area contributed by atoms with Crippen LogP contribution in [0.15, 0.2) is 28.9 Å². The van der Waals surface area contributed by atoms with Crippen molar-refractivity contribution < 1.29 is 9.21 Å². The van der Waals surface area contributed by atoms with Crippen molar-refractivity contribution in [2.75, 3.05) is 13.1 Å². The summed E-state index contributed by atoms with van der Waals surface area (Å²) in [6, 6.07) is 5.12. The third-order valence-electron chi connectivity index (χ3n) is 3.78. The highest BCUT2D eigenvalue weighted by molar-refractivity contribution is 6.42. The predicted octanol–water partition coefficient (Wildman–Crippen LogP) is 4.66. The molecular formula is C16H16Cl2N2O2. The number of carbonyl (C=O) groups is 1. The summed E-state index contributed by atoms with van der Waals surface area (Å²) in [6.07, 6.45) is 5.85. The topological polar surface area (TPSA) is 46.3 Å². The number of amides is 1. The number of halogens is 2. The summed E-state index contributed by atoms with van der Waals surface area (Å²) in [7, 11) is 0. The van der Waals surface area contributed by atoms with Gasteiger partial charge in [0.05, 0.1) is 10.0 Å². The van der Waals surface area contributed by atoms with Gasteiger partial charge in [-0.15, -0.1) is 0 Å². The Labute approximate surface area is 139 Å². The molecule has 0 radical (unpaired) electrons. The van der Waals surface area contributed by atoms with Crippen molar-refractivity contribution >= 4 is 29.1 Å². The fraction of sp³-hybridized carbons (Fsp3) is 0.375. The molecule has 0 N–H and O–H groups in total. The van der Waals surface area contributed by atoms with Gasteiger partial charge in [-0.3, -0.25) is 4.79 Å². The third kappa shape index (κ3) is 3.28. The lowest BCUT2D eigenvalue weighted by atomic mass is 10.2. The molecule has 0 aliphatic carbocycles. The van der Waals surface area contributed by atoms with Crippen LogP contribution in [0.1, 0.15) is 36.2 Å². The van der Waals surface area contributed by atoms with E-state index in [9.17, 15) is 4.79 Å². The maximum absolute atomic E-state index is 12.5. The van der Waals surface area contributed by atoms with E-state index < -0.39 is 0 Å². The van der Waals surface area contributed by atoms with Crippen molar-refractivity contribution in [3.63, 3.8) is 0 Å². The monoisotopic (exact) mass is 338 g/mol. The molecule has 3 rings (SSSR count). The van der Waals surface area contributed by atoms with E-state index in [1.54, 1.807) is 18.2 Å². The molecule has 116 valence electrons. The van der Waals surface area contributed by atoms with Gasteiger partial charge in [0.1, 0.15) is 6.26 Å². The molecule has 1 aromatic carbocycles. The number of likely N-dealkylation sites (tertiary alicyclic amines) is 1. The summed E-state index contributed by atoms with van der Waals surface area (Å²) in [5, 5.41) is 0.899. The Morgan fingerprint density at radius 1 is 1.09 bits per heavy atom. The Hall–Kier alpha value is -1.52. The first-order valence-corrected chi connectivity index (χ1v) is 8.11. The second-order valence-corrected chi connectivity index (χ2v) is 6.19. The molecule has 0 atom stereocenters. The van der Waals surface area contributed by atoms with Gasteiger partial charge < -0.3 is 9.32 Å². The number of carbonyl (C=O) groups excluding carboxylic acids is 1. The zero-order valence-corrected chi connectivity index (χ0v) is 13.5. The van der Waals surface area contributed by atoms with E-state index in [0.29, 0.717) is 27.2 Å². The second kappa shape index (κ2) is 6.71. The van der Waals surface area contributed by atoms with Crippen LogP contribution in [0.2, 0.25) is 10.0 Å². The molecule has 4 nitrogen and oxygen atoms in total. The van der Waals surface area contributed by atoms with E-state index in [2.05, 4.69) is 4.98 Å². The largest absolute Gasteiger partial charge is 0.444 e. The maximum atomic E-state index is 12.5. The van der Waals surface area contributed by atoms with E-state index in [4.69, 9.17) is 27.6 Å². The number of rotatable bonds is 2. The Morgan fingerprint density at radius 2 is 1.82 bits per heavy atom. The molecule has 0 bridgehead atoms. The molecule has 1 fully saturated rings. The van der Waals surface area contributed by atoms with Crippen LogP contribution >= 0.6 is 23.2 Å². The van der Waals surface area contributed by atoms with Gasteiger partial charge in [0, 0.05) is 18.7 Å². The smallest absolute Gasteiger partial charge is 0.275 e. The van der Waals surface area contributed by atoms with Gasteiger partial charge in [-0.1, -0.05) is 36.0 Å². The van der Waals surface area contributed by atoms with Crippen molar-refractivity contribution in [2.24, 2.45) is 0 Å². The maximum Gasteiger partial charge on any atom is 0.275 e. The van der Waals surface area contributed by atoms with Crippen LogP contribution in [0, 0.1) is 0 Å². The number of hydrogen-bond donors (Lipinski definition) is 0. The highest BCUT2D eigenvalue weighted by atomic mass is 35.5. The molecule has 2 aromatic rings. The van der Waals surface area contributed by atoms with E-state index in [1.807, 2.05) is 4.90 Å². The molecule has 22 heavy (non-hydrogen) atoms. The second-order valence-electron chi connectivity index (χ2n) is 5.37. The first-order valence-electron chi connectivity index (χ1n) is 7.35. The van der Waals surface area contributed by atoms with Crippen molar-refractivity contribution in [2.45, 2.75) is 25.7 Å². The van der Waals surface area contributed by atoms with Crippen molar-refractivity contribution in [1.29, 1.82) is 0 Å². The predicted molar refractivity (Wildman–Crippen MR) is 86.3 cm³/mol. The lowest BCUT2D eigenvalue weighted by molar-refractivity contribution is 0.0756. The van der Waals surface area contributed by atoms with Crippen molar-refractivity contribution in [3.05, 3.63) is 40.2 Å². The molecule has 1 aliphatic rings. The van der Waals surface area contributed by atoms with Crippen LogP contribution in [0.4, 0.5) is 0 Å². The van der Waals surface area contributed by atoms with Crippen LogP contribution in [0.3, 0.4) is 0 Å². The Morgan fingerprint density at radius 3 is 2.50 bits per heavy atom. The van der Waals surface area contributed by atoms with E-state index in [0.717, 1.165) is 25.9 Å². The first kappa shape index (κ1) is 15.4. The standard InChI is InChI=1S/C16H16Cl2N2O2/c17-12-6-5-11(9-13(12)18)15-19-14(10-22-15)16(21)20-7-3-1-2-4-8-20/h5-6,9-10H,1-4,7-8H2. The van der Waals surface area contributed by atoms with Gasteiger partial charge in [0.2, 0.25) is 5.89 Å². The van der Waals surface area contributed by atoms with Crippen LogP contribution in [-0.2, 0) is 0 Å². The highest BCUT2D eigenvalue weighted by Gasteiger charge is 2.21. The summed E-state index contributed by atoms with van der Waals surface area (Å²) >= 11 is 11.9. The molecule has 6 heteroatoms. The Balaban J connectivity index is 1.80. The first-order chi connectivity index (χ1) is 10.6. The SMILES string of the molecule is O=C(c1coc(-c2ccc(Cl)c(Cl)c2)n1)N1CCCCCC1. The van der Waals surface area contributed by atoms with Crippen LogP contribution in [-0.4, -0.2) is 28.9 Å². The molecule has 0 spiro atoms. The lowest BCUT2D eigenvalue weighted by Gasteiger charge is -2.18. The fourth-order valence-corrected chi connectivity index (χ4v) is 2.87. The van der Waals surface area contributed by atoms with Crippen molar-refractivity contribution in [1.82, 2.24) is 9.88 Å². The zero-order chi connectivity index (χ0) is 15.5.